The number of carboxylic acids is 1. The Morgan fingerprint density at radius 2 is 2.24 bits per heavy atom. The van der Waals surface area contributed by atoms with Crippen molar-refractivity contribution in [1.82, 2.24) is 19.8 Å². The first-order valence-corrected chi connectivity index (χ1v) is 7.34. The lowest BCUT2D eigenvalue weighted by Crippen LogP contribution is -2.46. The minimum Gasteiger partial charge on any atom is -0.476 e. The van der Waals surface area contributed by atoms with Gasteiger partial charge in [-0.2, -0.15) is 0 Å². The molecule has 0 spiro atoms. The van der Waals surface area contributed by atoms with Crippen molar-refractivity contribution in [2.24, 2.45) is 0 Å². The van der Waals surface area contributed by atoms with E-state index in [9.17, 15) is 9.59 Å². The van der Waals surface area contributed by atoms with E-state index in [4.69, 9.17) is 5.11 Å². The molecule has 2 heterocycles. The Hall–Kier alpha value is -2.05. The standard InChI is InChI=1S/C14H22N4O3/c1-3-11-5-4-10(2)18(11)14(21)15-6-7-17-8-12(13(19)20)16-9-17/h8-11H,3-7H2,1-2H3,(H,15,21)(H,19,20). The van der Waals surface area contributed by atoms with Gasteiger partial charge >= 0.3 is 12.0 Å². The predicted octanol–water partition coefficient (Wildman–Crippen LogP) is 1.55. The third kappa shape index (κ3) is 3.53. The zero-order valence-electron chi connectivity index (χ0n) is 12.5. The highest BCUT2D eigenvalue weighted by Gasteiger charge is 2.32. The molecule has 2 N–H and O–H groups in total. The van der Waals surface area contributed by atoms with Crippen LogP contribution in [0.25, 0.3) is 0 Å². The van der Waals surface area contributed by atoms with E-state index in [1.54, 1.807) is 4.57 Å². The van der Waals surface area contributed by atoms with Crippen molar-refractivity contribution in [3.63, 3.8) is 0 Å². The Morgan fingerprint density at radius 1 is 1.48 bits per heavy atom. The van der Waals surface area contributed by atoms with Gasteiger partial charge in [-0.05, 0) is 26.2 Å². The number of nitrogens with zero attached hydrogens (tertiary/aromatic N) is 3. The van der Waals surface area contributed by atoms with E-state index in [2.05, 4.69) is 24.1 Å². The molecule has 7 heteroatoms. The molecule has 1 aromatic rings. The third-order valence-corrected chi connectivity index (χ3v) is 3.99. The first kappa shape index (κ1) is 15.3. The summed E-state index contributed by atoms with van der Waals surface area (Å²) in [5, 5.41) is 11.7. The summed E-state index contributed by atoms with van der Waals surface area (Å²) in [6.45, 7) is 5.13. The molecule has 2 atom stereocenters. The molecule has 0 saturated carbocycles. The summed E-state index contributed by atoms with van der Waals surface area (Å²) >= 11 is 0. The lowest BCUT2D eigenvalue weighted by molar-refractivity contribution is 0.0691. The van der Waals surface area contributed by atoms with Gasteiger partial charge in [-0.3, -0.25) is 0 Å². The average Bonchev–Trinajstić information content (AvgIpc) is 3.05. The highest BCUT2D eigenvalue weighted by Crippen LogP contribution is 2.25. The highest BCUT2D eigenvalue weighted by atomic mass is 16.4. The van der Waals surface area contributed by atoms with Crippen LogP contribution in [0.5, 0.6) is 0 Å². The van der Waals surface area contributed by atoms with Crippen LogP contribution in [0, 0.1) is 0 Å². The smallest absolute Gasteiger partial charge is 0.356 e. The van der Waals surface area contributed by atoms with E-state index in [1.165, 1.54) is 12.5 Å². The second kappa shape index (κ2) is 6.60. The zero-order chi connectivity index (χ0) is 15.4. The molecule has 116 valence electrons. The van der Waals surface area contributed by atoms with E-state index >= 15 is 0 Å². The van der Waals surface area contributed by atoms with Crippen molar-refractivity contribution in [3.8, 4) is 0 Å². The molecule has 21 heavy (non-hydrogen) atoms. The number of likely N-dealkylation sites (tertiary alicyclic amines) is 1. The van der Waals surface area contributed by atoms with Crippen molar-refractivity contribution >= 4 is 12.0 Å². The van der Waals surface area contributed by atoms with Gasteiger partial charge in [0.1, 0.15) is 0 Å². The molecule has 0 radical (unpaired) electrons. The molecule has 1 aromatic heterocycles. The maximum Gasteiger partial charge on any atom is 0.356 e. The molecule has 1 fully saturated rings. The number of rotatable bonds is 5. The fourth-order valence-corrected chi connectivity index (χ4v) is 2.81. The number of nitrogens with one attached hydrogen (secondary N) is 1. The predicted molar refractivity (Wildman–Crippen MR) is 77.2 cm³/mol. The van der Waals surface area contributed by atoms with Gasteiger partial charge in [0, 0.05) is 31.4 Å². The monoisotopic (exact) mass is 294 g/mol. The van der Waals surface area contributed by atoms with Gasteiger partial charge in [0.15, 0.2) is 5.69 Å². The van der Waals surface area contributed by atoms with Crippen LogP contribution in [0.3, 0.4) is 0 Å². The molecule has 2 rings (SSSR count). The summed E-state index contributed by atoms with van der Waals surface area (Å²) in [4.78, 5) is 28.6. The Bertz CT molecular complexity index is 514. The van der Waals surface area contributed by atoms with Gasteiger partial charge in [-0.1, -0.05) is 6.92 Å². The summed E-state index contributed by atoms with van der Waals surface area (Å²) in [5.74, 6) is -1.05. The summed E-state index contributed by atoms with van der Waals surface area (Å²) in [7, 11) is 0. The molecule has 0 aromatic carbocycles. The van der Waals surface area contributed by atoms with Gasteiger partial charge in [-0.15, -0.1) is 0 Å². The van der Waals surface area contributed by atoms with Crippen LogP contribution in [0.4, 0.5) is 4.79 Å². The van der Waals surface area contributed by atoms with Crippen LogP contribution in [-0.4, -0.2) is 50.2 Å². The second-order valence-corrected chi connectivity index (χ2v) is 5.43. The fraction of sp³-hybridized carbons (Fsp3) is 0.643. The minimum atomic E-state index is -1.05. The van der Waals surface area contributed by atoms with Crippen LogP contribution in [0.2, 0.25) is 0 Å². The number of urea groups is 1. The second-order valence-electron chi connectivity index (χ2n) is 5.43. The van der Waals surface area contributed by atoms with Crippen molar-refractivity contribution in [2.75, 3.05) is 6.54 Å². The molecule has 1 saturated heterocycles. The Balaban J connectivity index is 1.82. The molecule has 0 bridgehead atoms. The van der Waals surface area contributed by atoms with Crippen molar-refractivity contribution in [1.29, 1.82) is 0 Å². The largest absolute Gasteiger partial charge is 0.476 e. The molecule has 0 aliphatic carbocycles. The normalized spacial score (nSPS) is 21.5. The van der Waals surface area contributed by atoms with Crippen molar-refractivity contribution < 1.29 is 14.7 Å². The number of aromatic carboxylic acids is 1. The van der Waals surface area contributed by atoms with Crippen LogP contribution < -0.4 is 5.32 Å². The first-order valence-electron chi connectivity index (χ1n) is 7.34. The summed E-state index contributed by atoms with van der Waals surface area (Å²) in [6.07, 6.45) is 6.01. The Morgan fingerprint density at radius 3 is 2.86 bits per heavy atom. The maximum absolute atomic E-state index is 12.2. The first-order chi connectivity index (χ1) is 10.0. The number of hydrogen-bond acceptors (Lipinski definition) is 3. The fourth-order valence-electron chi connectivity index (χ4n) is 2.81. The van der Waals surface area contributed by atoms with Gasteiger partial charge < -0.3 is 19.9 Å². The highest BCUT2D eigenvalue weighted by molar-refractivity contribution is 5.84. The molecule has 2 amide bonds. The van der Waals surface area contributed by atoms with Crippen LogP contribution >= 0.6 is 0 Å². The Kier molecular flexibility index (Phi) is 4.82. The molecule has 2 unspecified atom stereocenters. The third-order valence-electron chi connectivity index (χ3n) is 3.99. The number of amides is 2. The zero-order valence-corrected chi connectivity index (χ0v) is 12.5. The van der Waals surface area contributed by atoms with Crippen molar-refractivity contribution in [3.05, 3.63) is 18.2 Å². The molecular weight excluding hydrogens is 272 g/mol. The SMILES string of the molecule is CCC1CCC(C)N1C(=O)NCCn1cnc(C(=O)O)c1. The van der Waals surface area contributed by atoms with Crippen LogP contribution in [0.1, 0.15) is 43.6 Å². The van der Waals surface area contributed by atoms with E-state index in [0.29, 0.717) is 19.1 Å². The van der Waals surface area contributed by atoms with E-state index in [0.717, 1.165) is 19.3 Å². The van der Waals surface area contributed by atoms with E-state index < -0.39 is 5.97 Å². The topological polar surface area (TPSA) is 87.5 Å². The lowest BCUT2D eigenvalue weighted by atomic mass is 10.2. The van der Waals surface area contributed by atoms with Gasteiger partial charge in [-0.25, -0.2) is 14.6 Å². The van der Waals surface area contributed by atoms with Gasteiger partial charge in [0.25, 0.3) is 0 Å². The summed E-state index contributed by atoms with van der Waals surface area (Å²) in [5.41, 5.74) is 0.0144. The van der Waals surface area contributed by atoms with Crippen LogP contribution in [0.15, 0.2) is 12.5 Å². The number of imidazole rings is 1. The molecule has 1 aliphatic heterocycles. The number of carboxylic acid groups (broad SMARTS) is 1. The Labute approximate surface area is 124 Å². The number of carbonyl (C=O) groups excluding carboxylic acids is 1. The molecule has 1 aliphatic rings. The minimum absolute atomic E-state index is 0.0144. The van der Waals surface area contributed by atoms with E-state index in [1.807, 2.05) is 4.90 Å². The van der Waals surface area contributed by atoms with Gasteiger partial charge in [0.2, 0.25) is 0 Å². The number of hydrogen-bond donors (Lipinski definition) is 2. The van der Waals surface area contributed by atoms with E-state index in [-0.39, 0.29) is 17.8 Å². The summed E-state index contributed by atoms with van der Waals surface area (Å²) < 4.78 is 1.66. The average molecular weight is 294 g/mol. The quantitative estimate of drug-likeness (QED) is 0.862. The maximum atomic E-state index is 12.2. The van der Waals surface area contributed by atoms with Crippen molar-refractivity contribution in [2.45, 2.75) is 51.7 Å². The molecular formula is C14H22N4O3. The van der Waals surface area contributed by atoms with Gasteiger partial charge in [0.05, 0.1) is 6.33 Å². The molecule has 7 nitrogen and oxygen atoms in total. The van der Waals surface area contributed by atoms with Crippen LogP contribution in [-0.2, 0) is 6.54 Å². The number of aromatic nitrogens is 2. The number of carbonyl (C=O) groups is 2. The lowest BCUT2D eigenvalue weighted by Gasteiger charge is -2.28. The summed E-state index contributed by atoms with van der Waals surface area (Å²) in [6, 6.07) is 0.569.